The molecule has 0 bridgehead atoms. The highest BCUT2D eigenvalue weighted by Crippen LogP contribution is 2.38. The molecule has 154 valence electrons. The summed E-state index contributed by atoms with van der Waals surface area (Å²) in [7, 11) is 0. The summed E-state index contributed by atoms with van der Waals surface area (Å²) >= 11 is 0. The van der Waals surface area contributed by atoms with Crippen LogP contribution in [0.1, 0.15) is 51.2 Å². The maximum Gasteiger partial charge on any atom is 0.321 e. The Morgan fingerprint density at radius 3 is 1.82 bits per heavy atom. The average molecular weight is 404 g/mol. The lowest BCUT2D eigenvalue weighted by atomic mass is 9.71. The van der Waals surface area contributed by atoms with Gasteiger partial charge in [0.1, 0.15) is 12.0 Å². The van der Waals surface area contributed by atoms with E-state index in [4.69, 9.17) is 4.74 Å². The summed E-state index contributed by atoms with van der Waals surface area (Å²) in [6.07, 6.45) is 2.75. The van der Waals surface area contributed by atoms with E-state index < -0.39 is 5.41 Å². The van der Waals surface area contributed by atoms with E-state index in [1.807, 2.05) is 60.7 Å². The Hall–Kier alpha value is -1.84. The summed E-state index contributed by atoms with van der Waals surface area (Å²) in [4.78, 5) is 15.8. The Bertz CT molecular complexity index is 632. The second-order valence-corrected chi connectivity index (χ2v) is 6.90. The van der Waals surface area contributed by atoms with Crippen LogP contribution >= 0.6 is 12.4 Å². The molecule has 0 heterocycles. The zero-order chi connectivity index (χ0) is 19.5. The van der Waals surface area contributed by atoms with Gasteiger partial charge in [-0.1, -0.05) is 94.3 Å². The molecule has 2 aromatic rings. The molecule has 0 aliphatic rings. The standard InChI is InChI=1S/C24H33NO2.ClH/c1-4-7-18-24(21-14-10-8-11-15-21,22-16-12-9-13-17-22)23(26)27-20-19-25(5-2)6-3;/h8-17H,4-7,18-20H2,1-3H3;1H. The molecular formula is C24H34ClNO2. The molecule has 0 atom stereocenters. The third-order valence-electron chi connectivity index (χ3n) is 5.32. The van der Waals surface area contributed by atoms with E-state index in [2.05, 4.69) is 25.7 Å². The van der Waals surface area contributed by atoms with Crippen LogP contribution in [0.3, 0.4) is 0 Å². The van der Waals surface area contributed by atoms with Crippen molar-refractivity contribution >= 4 is 18.4 Å². The molecule has 4 heteroatoms. The number of likely N-dealkylation sites (N-methyl/N-ethyl adjacent to an activating group) is 1. The number of nitrogens with zero attached hydrogens (tertiary/aromatic N) is 1. The molecule has 0 aromatic heterocycles. The number of carbonyl (C=O) groups excluding carboxylic acids is 1. The van der Waals surface area contributed by atoms with Crippen molar-refractivity contribution in [1.82, 2.24) is 4.90 Å². The molecule has 3 nitrogen and oxygen atoms in total. The Morgan fingerprint density at radius 1 is 0.893 bits per heavy atom. The predicted octanol–water partition coefficient (Wildman–Crippen LogP) is 5.47. The summed E-state index contributed by atoms with van der Waals surface area (Å²) in [5, 5.41) is 0. The van der Waals surface area contributed by atoms with E-state index in [0.717, 1.165) is 50.0 Å². The SMILES string of the molecule is CCCCC(C(=O)OCCN(CC)CC)(c1ccccc1)c1ccccc1.Cl. The number of unbranched alkanes of at least 4 members (excludes halogenated alkanes) is 1. The van der Waals surface area contributed by atoms with Gasteiger partial charge in [-0.25, -0.2) is 0 Å². The van der Waals surface area contributed by atoms with Gasteiger partial charge in [0, 0.05) is 6.54 Å². The van der Waals surface area contributed by atoms with Crippen LogP contribution in [-0.2, 0) is 14.9 Å². The van der Waals surface area contributed by atoms with Crippen molar-refractivity contribution in [2.75, 3.05) is 26.2 Å². The molecular weight excluding hydrogens is 370 g/mol. The van der Waals surface area contributed by atoms with Crippen molar-refractivity contribution in [1.29, 1.82) is 0 Å². The smallest absolute Gasteiger partial charge is 0.321 e. The lowest BCUT2D eigenvalue weighted by Gasteiger charge is -2.33. The van der Waals surface area contributed by atoms with Crippen molar-refractivity contribution in [2.45, 2.75) is 45.4 Å². The van der Waals surface area contributed by atoms with Crippen LogP contribution in [0.5, 0.6) is 0 Å². The molecule has 0 saturated heterocycles. The Kier molecular flexibility index (Phi) is 10.9. The first-order chi connectivity index (χ1) is 13.2. The van der Waals surface area contributed by atoms with Gasteiger partial charge in [0.25, 0.3) is 0 Å². The van der Waals surface area contributed by atoms with Crippen LogP contribution in [0.15, 0.2) is 60.7 Å². The minimum Gasteiger partial charge on any atom is -0.463 e. The normalized spacial score (nSPS) is 11.1. The topological polar surface area (TPSA) is 29.5 Å². The van der Waals surface area contributed by atoms with Gasteiger partial charge in [0.05, 0.1) is 0 Å². The van der Waals surface area contributed by atoms with E-state index in [-0.39, 0.29) is 18.4 Å². The lowest BCUT2D eigenvalue weighted by Crippen LogP contribution is -2.40. The van der Waals surface area contributed by atoms with E-state index in [0.29, 0.717) is 6.61 Å². The molecule has 0 unspecified atom stereocenters. The van der Waals surface area contributed by atoms with Gasteiger partial charge < -0.3 is 9.64 Å². The van der Waals surface area contributed by atoms with E-state index >= 15 is 0 Å². The molecule has 2 rings (SSSR count). The van der Waals surface area contributed by atoms with Crippen LogP contribution in [0.25, 0.3) is 0 Å². The fourth-order valence-electron chi connectivity index (χ4n) is 3.61. The maximum absolute atomic E-state index is 13.5. The number of rotatable bonds is 11. The molecule has 0 saturated carbocycles. The van der Waals surface area contributed by atoms with Crippen LogP contribution in [0.4, 0.5) is 0 Å². The van der Waals surface area contributed by atoms with Crippen molar-refractivity contribution in [3.63, 3.8) is 0 Å². The number of benzene rings is 2. The molecule has 28 heavy (non-hydrogen) atoms. The second kappa shape index (κ2) is 12.6. The molecule has 0 spiro atoms. The molecule has 0 fully saturated rings. The Labute approximate surface area is 176 Å². The van der Waals surface area contributed by atoms with Gasteiger partial charge in [-0.2, -0.15) is 0 Å². The first kappa shape index (κ1) is 24.2. The third-order valence-corrected chi connectivity index (χ3v) is 5.32. The van der Waals surface area contributed by atoms with Crippen molar-refractivity contribution in [3.05, 3.63) is 71.8 Å². The third kappa shape index (κ3) is 5.83. The van der Waals surface area contributed by atoms with Gasteiger partial charge in [-0.3, -0.25) is 4.79 Å². The predicted molar refractivity (Wildman–Crippen MR) is 119 cm³/mol. The summed E-state index contributed by atoms with van der Waals surface area (Å²) in [5.74, 6) is -0.138. The summed E-state index contributed by atoms with van der Waals surface area (Å²) < 4.78 is 5.87. The van der Waals surface area contributed by atoms with Crippen molar-refractivity contribution in [2.24, 2.45) is 0 Å². The first-order valence-corrected chi connectivity index (χ1v) is 10.2. The number of hydrogen-bond acceptors (Lipinski definition) is 3. The largest absolute Gasteiger partial charge is 0.463 e. The molecule has 0 aliphatic carbocycles. The van der Waals surface area contributed by atoms with Crippen LogP contribution in [-0.4, -0.2) is 37.1 Å². The van der Waals surface area contributed by atoms with Crippen LogP contribution in [0, 0.1) is 0 Å². The summed E-state index contributed by atoms with van der Waals surface area (Å²) in [6, 6.07) is 20.2. The lowest BCUT2D eigenvalue weighted by molar-refractivity contribution is -0.149. The van der Waals surface area contributed by atoms with Gasteiger partial charge >= 0.3 is 5.97 Å². The average Bonchev–Trinajstić information content (AvgIpc) is 2.73. The van der Waals surface area contributed by atoms with Gasteiger partial charge in [0.2, 0.25) is 0 Å². The fraction of sp³-hybridized carbons (Fsp3) is 0.458. The molecule has 2 aromatic carbocycles. The van der Waals surface area contributed by atoms with Crippen LogP contribution < -0.4 is 0 Å². The Balaban J connectivity index is 0.00000392. The Morgan fingerprint density at radius 2 is 1.39 bits per heavy atom. The zero-order valence-electron chi connectivity index (χ0n) is 17.4. The van der Waals surface area contributed by atoms with Gasteiger partial charge in [-0.05, 0) is 30.6 Å². The number of hydrogen-bond donors (Lipinski definition) is 0. The summed E-state index contributed by atoms with van der Waals surface area (Å²) in [5.41, 5.74) is 1.27. The second-order valence-electron chi connectivity index (χ2n) is 6.90. The monoisotopic (exact) mass is 403 g/mol. The molecule has 0 aliphatic heterocycles. The number of carbonyl (C=O) groups is 1. The van der Waals surface area contributed by atoms with Gasteiger partial charge in [0.15, 0.2) is 0 Å². The molecule has 0 radical (unpaired) electrons. The fourth-order valence-corrected chi connectivity index (χ4v) is 3.61. The molecule has 0 amide bonds. The highest BCUT2D eigenvalue weighted by Gasteiger charge is 2.42. The number of halogens is 1. The van der Waals surface area contributed by atoms with E-state index in [1.165, 1.54) is 0 Å². The van der Waals surface area contributed by atoms with Gasteiger partial charge in [-0.15, -0.1) is 12.4 Å². The molecule has 0 N–H and O–H groups in total. The maximum atomic E-state index is 13.5. The summed E-state index contributed by atoms with van der Waals surface area (Å²) in [6.45, 7) is 9.54. The number of esters is 1. The highest BCUT2D eigenvalue weighted by molar-refractivity contribution is 5.87. The highest BCUT2D eigenvalue weighted by atomic mass is 35.5. The van der Waals surface area contributed by atoms with E-state index in [1.54, 1.807) is 0 Å². The number of ether oxygens (including phenoxy) is 1. The minimum absolute atomic E-state index is 0. The minimum atomic E-state index is -0.748. The zero-order valence-corrected chi connectivity index (χ0v) is 18.2. The van der Waals surface area contributed by atoms with Crippen molar-refractivity contribution in [3.8, 4) is 0 Å². The van der Waals surface area contributed by atoms with Crippen LogP contribution in [0.2, 0.25) is 0 Å². The van der Waals surface area contributed by atoms with E-state index in [9.17, 15) is 4.79 Å². The van der Waals surface area contributed by atoms with Crippen molar-refractivity contribution < 1.29 is 9.53 Å². The first-order valence-electron chi connectivity index (χ1n) is 10.2. The quantitative estimate of drug-likeness (QED) is 0.466.